The molecule has 0 saturated heterocycles. The SMILES string of the molecule is CSc1nn(C)c2nc3sc4c(c3c(=O)n12)CC(C)(C)OC4. The van der Waals surface area contributed by atoms with Crippen LogP contribution in [0.5, 0.6) is 0 Å². The predicted molar refractivity (Wildman–Crippen MR) is 88.0 cm³/mol. The van der Waals surface area contributed by atoms with Crippen molar-refractivity contribution in [3.8, 4) is 0 Å². The average Bonchev–Trinajstić information content (AvgIpc) is 2.96. The van der Waals surface area contributed by atoms with Crippen LogP contribution in [-0.2, 0) is 24.8 Å². The van der Waals surface area contributed by atoms with Crippen LogP contribution >= 0.6 is 23.1 Å². The van der Waals surface area contributed by atoms with Crippen molar-refractivity contribution in [3.05, 3.63) is 20.8 Å². The molecule has 4 rings (SSSR count). The molecule has 0 saturated carbocycles. The van der Waals surface area contributed by atoms with Crippen molar-refractivity contribution in [3.63, 3.8) is 0 Å². The van der Waals surface area contributed by atoms with Crippen molar-refractivity contribution >= 4 is 39.1 Å². The van der Waals surface area contributed by atoms with Gasteiger partial charge in [0.05, 0.1) is 17.6 Å². The minimum absolute atomic E-state index is 0.0207. The lowest BCUT2D eigenvalue weighted by Gasteiger charge is -2.29. The number of aryl methyl sites for hydroxylation is 1. The maximum Gasteiger partial charge on any atom is 0.270 e. The summed E-state index contributed by atoms with van der Waals surface area (Å²) in [4.78, 5) is 19.6. The van der Waals surface area contributed by atoms with Gasteiger partial charge >= 0.3 is 0 Å². The molecule has 22 heavy (non-hydrogen) atoms. The molecule has 0 N–H and O–H groups in total. The van der Waals surface area contributed by atoms with Crippen LogP contribution in [0, 0.1) is 0 Å². The first kappa shape index (κ1) is 14.2. The highest BCUT2D eigenvalue weighted by molar-refractivity contribution is 7.98. The topological polar surface area (TPSA) is 61.4 Å². The van der Waals surface area contributed by atoms with E-state index in [0.717, 1.165) is 27.1 Å². The minimum Gasteiger partial charge on any atom is -0.370 e. The third kappa shape index (κ3) is 1.87. The normalized spacial score (nSPS) is 17.3. The Balaban J connectivity index is 2.13. The summed E-state index contributed by atoms with van der Waals surface area (Å²) in [5, 5.41) is 5.78. The lowest BCUT2D eigenvalue weighted by Crippen LogP contribution is -2.31. The highest BCUT2D eigenvalue weighted by Gasteiger charge is 2.31. The quantitative estimate of drug-likeness (QED) is 0.638. The molecule has 0 aromatic carbocycles. The van der Waals surface area contributed by atoms with Crippen molar-refractivity contribution in [2.24, 2.45) is 7.05 Å². The van der Waals surface area contributed by atoms with E-state index >= 15 is 0 Å². The summed E-state index contributed by atoms with van der Waals surface area (Å²) in [6.45, 7) is 4.66. The van der Waals surface area contributed by atoms with Crippen LogP contribution in [0.25, 0.3) is 16.0 Å². The van der Waals surface area contributed by atoms with Crippen LogP contribution < -0.4 is 5.56 Å². The molecule has 0 radical (unpaired) electrons. The Hall–Kier alpha value is -1.38. The first-order valence-corrected chi connectivity index (χ1v) is 9.03. The molecule has 0 fully saturated rings. The molecule has 0 unspecified atom stereocenters. The molecule has 4 heterocycles. The van der Waals surface area contributed by atoms with Gasteiger partial charge in [0.25, 0.3) is 5.56 Å². The molecule has 0 amide bonds. The number of nitrogens with zero attached hydrogens (tertiary/aromatic N) is 4. The number of hydrogen-bond donors (Lipinski definition) is 0. The number of thiophene rings is 1. The van der Waals surface area contributed by atoms with Gasteiger partial charge in [0.2, 0.25) is 5.78 Å². The maximum absolute atomic E-state index is 13.0. The Kier molecular flexibility index (Phi) is 2.95. The first-order chi connectivity index (χ1) is 10.4. The van der Waals surface area contributed by atoms with E-state index in [2.05, 4.69) is 23.9 Å². The summed E-state index contributed by atoms with van der Waals surface area (Å²) in [6.07, 6.45) is 2.65. The van der Waals surface area contributed by atoms with Gasteiger partial charge in [-0.05, 0) is 25.7 Å². The Labute approximate surface area is 135 Å². The van der Waals surface area contributed by atoms with E-state index in [1.807, 2.05) is 13.3 Å². The largest absolute Gasteiger partial charge is 0.370 e. The Bertz CT molecular complexity index is 967. The molecular formula is C14H16N4O2S2. The molecule has 116 valence electrons. The van der Waals surface area contributed by atoms with Crippen LogP contribution in [0.1, 0.15) is 24.3 Å². The monoisotopic (exact) mass is 336 g/mol. The summed E-state index contributed by atoms with van der Waals surface area (Å²) in [6, 6.07) is 0. The molecular weight excluding hydrogens is 320 g/mol. The van der Waals surface area contributed by atoms with Gasteiger partial charge in [-0.15, -0.1) is 16.4 Å². The van der Waals surface area contributed by atoms with Crippen molar-refractivity contribution in [2.75, 3.05) is 6.26 Å². The standard InChI is InChI=1S/C14H16N4O2S2/c1-14(2)5-7-8(6-20-14)22-10-9(7)11(19)18-12(15-10)17(3)16-13(18)21-4/h5-6H2,1-4H3. The first-order valence-electron chi connectivity index (χ1n) is 6.99. The van der Waals surface area contributed by atoms with Gasteiger partial charge in [-0.2, -0.15) is 0 Å². The van der Waals surface area contributed by atoms with Crippen LogP contribution in [0.2, 0.25) is 0 Å². The fraction of sp³-hybridized carbons (Fsp3) is 0.500. The fourth-order valence-corrected chi connectivity index (χ4v) is 4.56. The van der Waals surface area contributed by atoms with Crippen molar-refractivity contribution < 1.29 is 4.74 Å². The molecule has 1 aliphatic rings. The molecule has 1 aliphatic heterocycles. The lowest BCUT2D eigenvalue weighted by atomic mass is 9.94. The lowest BCUT2D eigenvalue weighted by molar-refractivity contribution is -0.0379. The summed E-state index contributed by atoms with van der Waals surface area (Å²) in [5.74, 6) is 0.584. The second-order valence-corrected chi connectivity index (χ2v) is 7.93. The van der Waals surface area contributed by atoms with Crippen LogP contribution in [0.15, 0.2) is 9.95 Å². The van der Waals surface area contributed by atoms with Crippen molar-refractivity contribution in [1.82, 2.24) is 19.2 Å². The zero-order valence-corrected chi connectivity index (χ0v) is 14.5. The molecule has 8 heteroatoms. The molecule has 3 aromatic rings. The van der Waals surface area contributed by atoms with Crippen LogP contribution in [0.4, 0.5) is 0 Å². The van der Waals surface area contributed by atoms with Gasteiger partial charge in [0, 0.05) is 18.3 Å². The second kappa shape index (κ2) is 4.56. The predicted octanol–water partition coefficient (Wildman–Crippen LogP) is 2.22. The summed E-state index contributed by atoms with van der Waals surface area (Å²) in [7, 11) is 1.81. The van der Waals surface area contributed by atoms with E-state index in [1.54, 1.807) is 20.4 Å². The number of fused-ring (bicyclic) bond motifs is 4. The van der Waals surface area contributed by atoms with E-state index in [9.17, 15) is 4.79 Å². The molecule has 0 aliphatic carbocycles. The Morgan fingerprint density at radius 1 is 1.41 bits per heavy atom. The second-order valence-electron chi connectivity index (χ2n) is 6.07. The van der Waals surface area contributed by atoms with E-state index in [-0.39, 0.29) is 11.2 Å². The number of hydrogen-bond acceptors (Lipinski definition) is 6. The number of rotatable bonds is 1. The Morgan fingerprint density at radius 3 is 2.91 bits per heavy atom. The highest BCUT2D eigenvalue weighted by Crippen LogP contribution is 2.37. The summed E-state index contributed by atoms with van der Waals surface area (Å²) < 4.78 is 9.13. The smallest absolute Gasteiger partial charge is 0.270 e. The summed E-state index contributed by atoms with van der Waals surface area (Å²) >= 11 is 3.01. The van der Waals surface area contributed by atoms with Gasteiger partial charge in [0.1, 0.15) is 4.83 Å². The van der Waals surface area contributed by atoms with Crippen molar-refractivity contribution in [2.45, 2.75) is 37.6 Å². The Morgan fingerprint density at radius 2 is 2.18 bits per heavy atom. The third-order valence-electron chi connectivity index (χ3n) is 3.99. The van der Waals surface area contributed by atoms with E-state index in [4.69, 9.17) is 4.74 Å². The third-order valence-corrected chi connectivity index (χ3v) is 5.71. The molecule has 0 bridgehead atoms. The molecule has 6 nitrogen and oxygen atoms in total. The number of thioether (sulfide) groups is 1. The van der Waals surface area contributed by atoms with E-state index < -0.39 is 0 Å². The van der Waals surface area contributed by atoms with E-state index in [1.165, 1.54) is 11.8 Å². The molecule has 0 atom stereocenters. The zero-order chi connectivity index (χ0) is 15.6. The fourth-order valence-electron chi connectivity index (χ4n) is 2.92. The maximum atomic E-state index is 13.0. The van der Waals surface area contributed by atoms with Crippen LogP contribution in [0.3, 0.4) is 0 Å². The van der Waals surface area contributed by atoms with Crippen molar-refractivity contribution in [1.29, 1.82) is 0 Å². The number of aromatic nitrogens is 4. The molecule has 0 spiro atoms. The highest BCUT2D eigenvalue weighted by atomic mass is 32.2. The van der Waals surface area contributed by atoms with Crippen LogP contribution in [-0.4, -0.2) is 31.0 Å². The van der Waals surface area contributed by atoms with Gasteiger partial charge < -0.3 is 4.74 Å². The van der Waals surface area contributed by atoms with Gasteiger partial charge in [-0.25, -0.2) is 14.1 Å². The molecule has 3 aromatic heterocycles. The minimum atomic E-state index is -0.246. The summed E-state index contributed by atoms with van der Waals surface area (Å²) in [5.41, 5.74) is 0.830. The van der Waals surface area contributed by atoms with E-state index in [0.29, 0.717) is 17.5 Å². The average molecular weight is 336 g/mol. The zero-order valence-electron chi connectivity index (χ0n) is 12.8. The van der Waals surface area contributed by atoms with Gasteiger partial charge in [-0.3, -0.25) is 4.79 Å². The van der Waals surface area contributed by atoms with Gasteiger partial charge in [0.15, 0.2) is 5.16 Å². The van der Waals surface area contributed by atoms with Gasteiger partial charge in [-0.1, -0.05) is 11.8 Å². The number of ether oxygens (including phenoxy) is 1.